The molecule has 0 radical (unpaired) electrons. The molecule has 0 aromatic carbocycles. The summed E-state index contributed by atoms with van der Waals surface area (Å²) in [5.74, 6) is 0.0730. The van der Waals surface area contributed by atoms with Crippen molar-refractivity contribution < 1.29 is 23.1 Å². The highest BCUT2D eigenvalue weighted by molar-refractivity contribution is 6.00. The molecule has 2 aliphatic rings. The van der Waals surface area contributed by atoms with E-state index in [1.807, 2.05) is 0 Å². The molecule has 0 saturated carbocycles. The van der Waals surface area contributed by atoms with Crippen LogP contribution in [0.4, 0.5) is 19.0 Å². The number of carbonyl (C=O) groups excluding carboxylic acids is 1. The third-order valence-electron chi connectivity index (χ3n) is 6.61. The quantitative estimate of drug-likeness (QED) is 0.512. The first-order valence-corrected chi connectivity index (χ1v) is 10.8. The van der Waals surface area contributed by atoms with E-state index in [1.165, 1.54) is 29.9 Å². The van der Waals surface area contributed by atoms with Crippen molar-refractivity contribution in [1.82, 2.24) is 24.9 Å². The van der Waals surface area contributed by atoms with Gasteiger partial charge in [0.15, 0.2) is 17.5 Å². The number of nitrogens with zero attached hydrogens (tertiary/aromatic N) is 4. The number of aromatic nitrogens is 4. The predicted molar refractivity (Wildman–Crippen MR) is 114 cm³/mol. The second-order valence-corrected chi connectivity index (χ2v) is 8.83. The van der Waals surface area contributed by atoms with Crippen LogP contribution in [-0.4, -0.2) is 48.7 Å². The zero-order valence-corrected chi connectivity index (χ0v) is 17.8. The number of fused-ring (bicyclic) bond motifs is 3. The Balaban J connectivity index is 1.59. The highest BCUT2D eigenvalue weighted by Gasteiger charge is 2.40. The van der Waals surface area contributed by atoms with Crippen molar-refractivity contribution in [3.63, 3.8) is 0 Å². The number of nitrogens with two attached hydrogens (primary N) is 1. The lowest BCUT2D eigenvalue weighted by Gasteiger charge is -2.30. The van der Waals surface area contributed by atoms with Gasteiger partial charge in [-0.25, -0.2) is 4.98 Å². The number of Topliss-reactive ketones (excluding diaryl/α,β-unsaturated/α-hetero) is 1. The average molecular weight is 460 g/mol. The van der Waals surface area contributed by atoms with Crippen LogP contribution in [0.25, 0.3) is 16.8 Å². The van der Waals surface area contributed by atoms with Crippen LogP contribution in [0, 0.1) is 0 Å². The van der Waals surface area contributed by atoms with Crippen molar-refractivity contribution in [2.24, 2.45) is 0 Å². The lowest BCUT2D eigenvalue weighted by Crippen LogP contribution is -2.38. The number of aliphatic hydroxyl groups excluding tert-OH is 1. The first-order valence-electron chi connectivity index (χ1n) is 10.8. The van der Waals surface area contributed by atoms with Gasteiger partial charge in [0.05, 0.1) is 23.1 Å². The summed E-state index contributed by atoms with van der Waals surface area (Å²) in [5, 5.41) is 17.3. The number of hydrogen-bond acceptors (Lipinski definition) is 7. The number of nitrogen functional groups attached to an aromatic ring is 1. The highest BCUT2D eigenvalue weighted by atomic mass is 19.4. The summed E-state index contributed by atoms with van der Waals surface area (Å²) in [6.07, 6.45) is -0.839. The molecule has 2 fully saturated rings. The molecule has 3 unspecified atom stereocenters. The van der Waals surface area contributed by atoms with Gasteiger partial charge in [0.1, 0.15) is 5.82 Å². The van der Waals surface area contributed by atoms with Crippen molar-refractivity contribution in [3.05, 3.63) is 41.5 Å². The molecule has 5 heterocycles. The highest BCUT2D eigenvalue weighted by Crippen LogP contribution is 2.40. The third-order valence-corrected chi connectivity index (χ3v) is 6.61. The number of ketones is 1. The van der Waals surface area contributed by atoms with Gasteiger partial charge in [0, 0.05) is 35.3 Å². The maximum absolute atomic E-state index is 12.8. The van der Waals surface area contributed by atoms with Gasteiger partial charge in [-0.05, 0) is 38.7 Å². The largest absolute Gasteiger partial charge is 0.420 e. The Labute approximate surface area is 187 Å². The fourth-order valence-corrected chi connectivity index (χ4v) is 5.07. The lowest BCUT2D eigenvalue weighted by atomic mass is 9.86. The number of piperidine rings is 1. The number of alkyl halides is 3. The van der Waals surface area contributed by atoms with E-state index in [0.717, 1.165) is 31.7 Å². The van der Waals surface area contributed by atoms with Crippen molar-refractivity contribution in [3.8, 4) is 11.1 Å². The summed E-state index contributed by atoms with van der Waals surface area (Å²) in [6, 6.07) is 3.31. The van der Waals surface area contributed by atoms with E-state index in [9.17, 15) is 23.1 Å². The Bertz CT molecular complexity index is 1210. The first-order chi connectivity index (χ1) is 15.6. The zero-order valence-electron chi connectivity index (χ0n) is 17.8. The second kappa shape index (κ2) is 7.77. The molecule has 2 aliphatic heterocycles. The predicted octanol–water partition coefficient (Wildman–Crippen LogP) is 3.17. The second-order valence-electron chi connectivity index (χ2n) is 8.83. The van der Waals surface area contributed by atoms with Gasteiger partial charge in [-0.3, -0.25) is 9.78 Å². The van der Waals surface area contributed by atoms with Gasteiger partial charge >= 0.3 is 6.18 Å². The average Bonchev–Trinajstić information content (AvgIpc) is 3.35. The van der Waals surface area contributed by atoms with Crippen LogP contribution in [-0.2, 0) is 0 Å². The van der Waals surface area contributed by atoms with Crippen molar-refractivity contribution >= 4 is 17.2 Å². The van der Waals surface area contributed by atoms with Crippen LogP contribution in [0.2, 0.25) is 0 Å². The maximum atomic E-state index is 12.8. The molecule has 5 rings (SSSR count). The number of halogens is 3. The Hall–Kier alpha value is -3.05. The third kappa shape index (κ3) is 3.74. The molecule has 3 aromatic heterocycles. The fourth-order valence-electron chi connectivity index (χ4n) is 5.07. The molecule has 11 heteroatoms. The van der Waals surface area contributed by atoms with Gasteiger partial charge in [0.25, 0.3) is 0 Å². The van der Waals surface area contributed by atoms with Crippen LogP contribution in [0.3, 0.4) is 0 Å². The summed E-state index contributed by atoms with van der Waals surface area (Å²) in [7, 11) is 0. The van der Waals surface area contributed by atoms with Gasteiger partial charge in [-0.1, -0.05) is 6.07 Å². The molecule has 174 valence electrons. The molecule has 4 N–H and O–H groups in total. The molecular formula is C22H23F3N6O2. The van der Waals surface area contributed by atoms with Gasteiger partial charge < -0.3 is 16.2 Å². The Morgan fingerprint density at radius 3 is 2.52 bits per heavy atom. The number of nitrogens with one attached hydrogen (secondary N) is 1. The number of pyridine rings is 1. The van der Waals surface area contributed by atoms with Crippen molar-refractivity contribution in [2.75, 3.05) is 5.73 Å². The van der Waals surface area contributed by atoms with E-state index in [-0.39, 0.29) is 17.5 Å². The zero-order chi connectivity index (χ0) is 23.5. The van der Waals surface area contributed by atoms with Crippen LogP contribution in [0.1, 0.15) is 66.4 Å². The first kappa shape index (κ1) is 21.8. The molecule has 0 aliphatic carbocycles. The van der Waals surface area contributed by atoms with Gasteiger partial charge in [0.2, 0.25) is 0 Å². The number of rotatable bonds is 4. The van der Waals surface area contributed by atoms with Crippen molar-refractivity contribution in [1.29, 1.82) is 0 Å². The topological polar surface area (TPSA) is 118 Å². The van der Waals surface area contributed by atoms with Crippen LogP contribution in [0.15, 0.2) is 24.5 Å². The van der Waals surface area contributed by atoms with Crippen molar-refractivity contribution in [2.45, 2.75) is 62.9 Å². The number of anilines is 1. The molecule has 0 amide bonds. The van der Waals surface area contributed by atoms with Crippen LogP contribution >= 0.6 is 0 Å². The standard InChI is InChI=1S/C22H23F3N6O2/c1-10(32)17-18(12-6-13-3-4-14(7-12)29-13)30-21-15(9-28-31(21)20(17)26)11-2-5-16(27-8-11)19(33)22(23,24)25/h2,5,8-9,12-14,19,29,33H,3-4,6-7,26H2,1H3/t12?,13-,14?,19?/m0/s1. The molecule has 33 heavy (non-hydrogen) atoms. The van der Waals surface area contributed by atoms with E-state index in [4.69, 9.17) is 10.7 Å². The summed E-state index contributed by atoms with van der Waals surface area (Å²) in [5.41, 5.74) is 8.28. The molecule has 2 bridgehead atoms. The molecule has 4 atom stereocenters. The van der Waals surface area contributed by atoms with E-state index in [2.05, 4.69) is 15.4 Å². The Morgan fingerprint density at radius 2 is 1.94 bits per heavy atom. The van der Waals surface area contributed by atoms with Gasteiger partial charge in [-0.15, -0.1) is 0 Å². The molecule has 8 nitrogen and oxygen atoms in total. The van der Waals surface area contributed by atoms with E-state index >= 15 is 0 Å². The minimum Gasteiger partial charge on any atom is -0.383 e. The Kier molecular flexibility index (Phi) is 5.13. The monoisotopic (exact) mass is 460 g/mol. The summed E-state index contributed by atoms with van der Waals surface area (Å²) in [6.45, 7) is 1.46. The number of hydrogen-bond donors (Lipinski definition) is 3. The SMILES string of the molecule is CC(=O)c1c(C2CC3CC[C@@H](C2)N3)nc2c(-c3ccc(C(O)C(F)(F)F)nc3)cnn2c1N. The molecule has 2 saturated heterocycles. The minimum absolute atomic E-state index is 0.0696. The fraction of sp³-hybridized carbons (Fsp3) is 0.455. The van der Waals surface area contributed by atoms with E-state index in [1.54, 1.807) is 0 Å². The molecule has 3 aromatic rings. The normalized spacial score (nSPS) is 23.7. The van der Waals surface area contributed by atoms with Gasteiger partial charge in [-0.2, -0.15) is 22.8 Å². The van der Waals surface area contributed by atoms with E-state index in [0.29, 0.717) is 40.1 Å². The smallest absolute Gasteiger partial charge is 0.383 e. The van der Waals surface area contributed by atoms with Crippen LogP contribution in [0.5, 0.6) is 0 Å². The van der Waals surface area contributed by atoms with E-state index < -0.39 is 18.0 Å². The summed E-state index contributed by atoms with van der Waals surface area (Å²) >= 11 is 0. The maximum Gasteiger partial charge on any atom is 0.420 e. The number of aliphatic hydroxyl groups is 1. The molecule has 0 spiro atoms. The molecular weight excluding hydrogens is 437 g/mol. The summed E-state index contributed by atoms with van der Waals surface area (Å²) < 4.78 is 39.7. The summed E-state index contributed by atoms with van der Waals surface area (Å²) in [4.78, 5) is 21.1. The van der Waals surface area contributed by atoms with Crippen LogP contribution < -0.4 is 11.1 Å². The Morgan fingerprint density at radius 1 is 1.24 bits per heavy atom. The lowest BCUT2D eigenvalue weighted by molar-refractivity contribution is -0.207. The number of carbonyl (C=O) groups is 1. The minimum atomic E-state index is -4.80.